The Morgan fingerprint density at radius 1 is 1.22 bits per heavy atom. The van der Waals surface area contributed by atoms with E-state index in [0.29, 0.717) is 16.4 Å². The van der Waals surface area contributed by atoms with Crippen LogP contribution in [0.1, 0.15) is 25.7 Å². The molecule has 2 heterocycles. The number of nitrogens with zero attached hydrogens (tertiary/aromatic N) is 5. The average molecular weight is 282 g/mol. The molecule has 0 aromatic carbocycles. The Morgan fingerprint density at radius 3 is 2.78 bits per heavy atom. The van der Waals surface area contributed by atoms with Gasteiger partial charge in [0.1, 0.15) is 0 Å². The largest absolute Gasteiger partial charge is 0.255 e. The molecular weight excluding hydrogens is 270 g/mol. The molecule has 0 amide bonds. The fourth-order valence-corrected chi connectivity index (χ4v) is 3.37. The summed E-state index contributed by atoms with van der Waals surface area (Å²) in [6, 6.07) is 1.82. The van der Waals surface area contributed by atoms with E-state index in [2.05, 4.69) is 20.1 Å². The first-order chi connectivity index (χ1) is 8.81. The molecule has 94 valence electrons. The molecule has 1 aliphatic carbocycles. The lowest BCUT2D eigenvalue weighted by Crippen LogP contribution is -2.06. The van der Waals surface area contributed by atoms with Gasteiger partial charge in [-0.25, -0.2) is 4.68 Å². The maximum atomic E-state index is 5.94. The highest BCUT2D eigenvalue weighted by molar-refractivity contribution is 7.99. The van der Waals surface area contributed by atoms with E-state index in [4.69, 9.17) is 11.6 Å². The third-order valence-corrected chi connectivity index (χ3v) is 4.23. The molecule has 18 heavy (non-hydrogen) atoms. The molecule has 0 saturated heterocycles. The summed E-state index contributed by atoms with van der Waals surface area (Å²) in [7, 11) is 0. The van der Waals surface area contributed by atoms with Crippen LogP contribution in [-0.2, 0) is 0 Å². The topological polar surface area (TPSA) is 56.5 Å². The predicted octanol–water partition coefficient (Wildman–Crippen LogP) is 2.75. The first-order valence-electron chi connectivity index (χ1n) is 5.89. The molecule has 0 aliphatic heterocycles. The second-order valence-electron chi connectivity index (χ2n) is 4.16. The van der Waals surface area contributed by atoms with Gasteiger partial charge in [-0.2, -0.15) is 20.1 Å². The zero-order valence-electron chi connectivity index (χ0n) is 9.66. The molecule has 3 rings (SSSR count). The van der Waals surface area contributed by atoms with Crippen molar-refractivity contribution in [1.29, 1.82) is 0 Å². The maximum absolute atomic E-state index is 5.94. The molecular formula is C11H12ClN5S. The van der Waals surface area contributed by atoms with Gasteiger partial charge in [-0.05, 0) is 30.5 Å². The Bertz CT molecular complexity index is 524. The minimum Gasteiger partial charge on any atom is -0.206 e. The van der Waals surface area contributed by atoms with Gasteiger partial charge in [-0.15, -0.1) is 0 Å². The molecule has 2 aromatic rings. The second-order valence-corrected chi connectivity index (χ2v) is 5.77. The Kier molecular flexibility index (Phi) is 3.47. The van der Waals surface area contributed by atoms with Crippen molar-refractivity contribution in [2.45, 2.75) is 36.1 Å². The molecule has 0 N–H and O–H groups in total. The SMILES string of the molecule is Clc1nc(SC2CCCC2)nc(-n2cccn2)n1. The van der Waals surface area contributed by atoms with Gasteiger partial charge in [0.05, 0.1) is 0 Å². The fourth-order valence-electron chi connectivity index (χ4n) is 2.02. The van der Waals surface area contributed by atoms with E-state index >= 15 is 0 Å². The zero-order chi connectivity index (χ0) is 12.4. The standard InChI is InChI=1S/C11H12ClN5S/c12-9-14-10(17-7-3-6-13-17)16-11(15-9)18-8-4-1-2-5-8/h3,6-8H,1-2,4-5H2. The summed E-state index contributed by atoms with van der Waals surface area (Å²) >= 11 is 7.62. The molecule has 1 fully saturated rings. The highest BCUT2D eigenvalue weighted by Crippen LogP contribution is 2.33. The Labute approximate surface area is 114 Å². The molecule has 7 heteroatoms. The van der Waals surface area contributed by atoms with Crippen LogP contribution in [0.25, 0.3) is 5.95 Å². The quantitative estimate of drug-likeness (QED) is 0.866. The van der Waals surface area contributed by atoms with Crippen LogP contribution in [0, 0.1) is 0 Å². The fraction of sp³-hybridized carbons (Fsp3) is 0.455. The summed E-state index contributed by atoms with van der Waals surface area (Å²) in [5.41, 5.74) is 0. The van der Waals surface area contributed by atoms with Gasteiger partial charge in [0.15, 0.2) is 5.16 Å². The molecule has 2 aromatic heterocycles. The van der Waals surface area contributed by atoms with E-state index in [1.54, 1.807) is 28.8 Å². The van der Waals surface area contributed by atoms with Crippen LogP contribution >= 0.6 is 23.4 Å². The monoisotopic (exact) mass is 281 g/mol. The summed E-state index contributed by atoms with van der Waals surface area (Å²) in [4.78, 5) is 12.6. The van der Waals surface area contributed by atoms with Crippen molar-refractivity contribution in [2.24, 2.45) is 0 Å². The lowest BCUT2D eigenvalue weighted by atomic mass is 10.4. The third kappa shape index (κ3) is 2.64. The minimum atomic E-state index is 0.219. The van der Waals surface area contributed by atoms with Crippen molar-refractivity contribution in [3.63, 3.8) is 0 Å². The van der Waals surface area contributed by atoms with Crippen LogP contribution in [0.15, 0.2) is 23.6 Å². The van der Waals surface area contributed by atoms with Gasteiger partial charge in [0.2, 0.25) is 5.28 Å². The van der Waals surface area contributed by atoms with Gasteiger partial charge in [-0.3, -0.25) is 0 Å². The van der Waals surface area contributed by atoms with Gasteiger partial charge < -0.3 is 0 Å². The summed E-state index contributed by atoms with van der Waals surface area (Å²) < 4.78 is 1.59. The summed E-state index contributed by atoms with van der Waals surface area (Å²) in [5.74, 6) is 0.473. The van der Waals surface area contributed by atoms with Crippen molar-refractivity contribution >= 4 is 23.4 Å². The van der Waals surface area contributed by atoms with Crippen molar-refractivity contribution in [2.75, 3.05) is 0 Å². The van der Waals surface area contributed by atoms with Crippen LogP contribution < -0.4 is 0 Å². The first-order valence-corrected chi connectivity index (χ1v) is 7.15. The average Bonchev–Trinajstić information content (AvgIpc) is 3.00. The van der Waals surface area contributed by atoms with E-state index in [1.807, 2.05) is 6.07 Å². The number of rotatable bonds is 3. The van der Waals surface area contributed by atoms with E-state index in [-0.39, 0.29) is 5.28 Å². The zero-order valence-corrected chi connectivity index (χ0v) is 11.2. The van der Waals surface area contributed by atoms with Crippen LogP contribution in [0.2, 0.25) is 5.28 Å². The normalized spacial score (nSPS) is 16.3. The predicted molar refractivity (Wildman–Crippen MR) is 70.1 cm³/mol. The molecule has 0 spiro atoms. The molecule has 0 unspecified atom stereocenters. The van der Waals surface area contributed by atoms with E-state index in [1.165, 1.54) is 25.7 Å². The van der Waals surface area contributed by atoms with Gasteiger partial charge >= 0.3 is 0 Å². The molecule has 1 aliphatic rings. The summed E-state index contributed by atoms with van der Waals surface area (Å²) in [6.45, 7) is 0. The molecule has 0 radical (unpaired) electrons. The molecule has 0 atom stereocenters. The Morgan fingerprint density at radius 2 is 2.06 bits per heavy atom. The van der Waals surface area contributed by atoms with Gasteiger partial charge in [0.25, 0.3) is 5.95 Å². The van der Waals surface area contributed by atoms with Crippen LogP contribution in [-0.4, -0.2) is 30.0 Å². The highest BCUT2D eigenvalue weighted by Gasteiger charge is 2.18. The van der Waals surface area contributed by atoms with Crippen LogP contribution in [0.4, 0.5) is 0 Å². The number of aromatic nitrogens is 5. The van der Waals surface area contributed by atoms with Crippen molar-refractivity contribution in [3.05, 3.63) is 23.7 Å². The van der Waals surface area contributed by atoms with Crippen molar-refractivity contribution in [1.82, 2.24) is 24.7 Å². The lowest BCUT2D eigenvalue weighted by molar-refractivity contribution is 0.755. The number of halogens is 1. The van der Waals surface area contributed by atoms with E-state index in [0.717, 1.165) is 0 Å². The highest BCUT2D eigenvalue weighted by atomic mass is 35.5. The smallest absolute Gasteiger partial charge is 0.206 e. The van der Waals surface area contributed by atoms with Crippen molar-refractivity contribution < 1.29 is 0 Å². The molecule has 5 nitrogen and oxygen atoms in total. The molecule has 1 saturated carbocycles. The maximum Gasteiger partial charge on any atom is 0.255 e. The number of hydrogen-bond donors (Lipinski definition) is 0. The summed E-state index contributed by atoms with van der Waals surface area (Å²) in [6.07, 6.45) is 8.51. The minimum absolute atomic E-state index is 0.219. The number of hydrogen-bond acceptors (Lipinski definition) is 5. The molecule has 0 bridgehead atoms. The van der Waals surface area contributed by atoms with Gasteiger partial charge in [-0.1, -0.05) is 24.6 Å². The number of thioether (sulfide) groups is 1. The van der Waals surface area contributed by atoms with Crippen molar-refractivity contribution in [3.8, 4) is 5.95 Å². The van der Waals surface area contributed by atoms with Crippen LogP contribution in [0.5, 0.6) is 0 Å². The van der Waals surface area contributed by atoms with E-state index in [9.17, 15) is 0 Å². The van der Waals surface area contributed by atoms with Crippen LogP contribution in [0.3, 0.4) is 0 Å². The Hall–Kier alpha value is -1.14. The van der Waals surface area contributed by atoms with E-state index < -0.39 is 0 Å². The lowest BCUT2D eigenvalue weighted by Gasteiger charge is -2.08. The third-order valence-electron chi connectivity index (χ3n) is 2.86. The first kappa shape index (κ1) is 11.9. The summed E-state index contributed by atoms with van der Waals surface area (Å²) in [5, 5.41) is 5.61. The Balaban J connectivity index is 1.86. The second kappa shape index (κ2) is 5.24. The van der Waals surface area contributed by atoms with Gasteiger partial charge in [0, 0.05) is 17.6 Å².